The summed E-state index contributed by atoms with van der Waals surface area (Å²) in [4.78, 5) is 11.9. The third kappa shape index (κ3) is 34.0. The highest BCUT2D eigenvalue weighted by Crippen LogP contribution is 2.26. The first-order valence-corrected chi connectivity index (χ1v) is 20.3. The predicted molar refractivity (Wildman–Crippen MR) is 201 cm³/mol. The molecule has 0 saturated heterocycles. The van der Waals surface area contributed by atoms with Crippen molar-refractivity contribution in [3.05, 3.63) is 24.3 Å². The Balaban J connectivity index is 3.73. The van der Waals surface area contributed by atoms with Crippen LogP contribution in [-0.4, -0.2) is 5.78 Å². The molecule has 0 aliphatic heterocycles. The number of allylic oxidation sites excluding steroid dienone is 2. The molecule has 0 amide bonds. The van der Waals surface area contributed by atoms with E-state index in [2.05, 4.69) is 27.0 Å². The number of carbonyl (C=O) groups excluding carboxylic acids is 1. The lowest BCUT2D eigenvalue weighted by molar-refractivity contribution is -0.117. The molecular weight excluding hydrogens is 532 g/mol. The zero-order valence-corrected chi connectivity index (χ0v) is 30.9. The molecule has 0 aromatic rings. The van der Waals surface area contributed by atoms with E-state index in [0.29, 0.717) is 18.1 Å². The summed E-state index contributed by atoms with van der Waals surface area (Å²) in [6.45, 7) is 15.2. The molecule has 1 unspecified atom stereocenters. The zero-order valence-electron chi connectivity index (χ0n) is 30.9. The van der Waals surface area contributed by atoms with Gasteiger partial charge >= 0.3 is 0 Å². The summed E-state index contributed by atoms with van der Waals surface area (Å²) in [5.41, 5.74) is 2.77. The first-order valence-electron chi connectivity index (χ1n) is 20.3. The van der Waals surface area contributed by atoms with E-state index in [-0.39, 0.29) is 0 Å². The molecule has 0 heterocycles. The van der Waals surface area contributed by atoms with Crippen LogP contribution in [0.3, 0.4) is 0 Å². The highest BCUT2D eigenvalue weighted by molar-refractivity contribution is 5.75. The van der Waals surface area contributed by atoms with E-state index in [9.17, 15) is 4.79 Å². The topological polar surface area (TPSA) is 17.1 Å². The Bertz CT molecular complexity index is 631. The Kier molecular flexibility index (Phi) is 34.3. The van der Waals surface area contributed by atoms with Gasteiger partial charge in [0, 0.05) is 6.42 Å². The van der Waals surface area contributed by atoms with Crippen molar-refractivity contribution in [2.45, 2.75) is 239 Å². The summed E-state index contributed by atoms with van der Waals surface area (Å²) in [5.74, 6) is 0.789. The molecule has 0 radical (unpaired) electrons. The third-order valence-corrected chi connectivity index (χ3v) is 9.83. The second-order valence-corrected chi connectivity index (χ2v) is 14.7. The standard InChI is InChI=1S/C43H82O/c1-6-8-10-12-14-16-18-20-21-23-25-27-29-31-33-35-41(4)38-43(39-42(5)44)37-36-40(3)34-32-30-28-26-24-22-19-17-15-13-11-9-7-2/h43H,3-4,6-39H2,1-2,5H3. The second-order valence-electron chi connectivity index (χ2n) is 14.7. The number of unbranched alkanes of at least 4 members (excludes halogenated alkanes) is 26. The van der Waals surface area contributed by atoms with Gasteiger partial charge in [-0.1, -0.05) is 205 Å². The van der Waals surface area contributed by atoms with E-state index in [1.54, 1.807) is 6.92 Å². The molecule has 1 nitrogen and oxygen atoms in total. The lowest BCUT2D eigenvalue weighted by Crippen LogP contribution is -2.08. The molecule has 0 aliphatic carbocycles. The largest absolute Gasteiger partial charge is 0.300 e. The average molecular weight is 615 g/mol. The lowest BCUT2D eigenvalue weighted by Gasteiger charge is -2.18. The molecule has 0 aromatic heterocycles. The fourth-order valence-electron chi connectivity index (χ4n) is 6.87. The first-order chi connectivity index (χ1) is 21.5. The van der Waals surface area contributed by atoms with Crippen LogP contribution in [0.5, 0.6) is 0 Å². The first kappa shape index (κ1) is 43.1. The van der Waals surface area contributed by atoms with Crippen LogP contribution in [0.2, 0.25) is 0 Å². The van der Waals surface area contributed by atoms with Gasteiger partial charge in [0.25, 0.3) is 0 Å². The molecule has 0 spiro atoms. The van der Waals surface area contributed by atoms with Gasteiger partial charge in [-0.3, -0.25) is 0 Å². The summed E-state index contributed by atoms with van der Waals surface area (Å²) in [7, 11) is 0. The molecule has 0 aromatic carbocycles. The van der Waals surface area contributed by atoms with Gasteiger partial charge in [-0.25, -0.2) is 0 Å². The van der Waals surface area contributed by atoms with Gasteiger partial charge < -0.3 is 4.79 Å². The molecule has 0 aliphatic rings. The van der Waals surface area contributed by atoms with Crippen LogP contribution >= 0.6 is 0 Å². The van der Waals surface area contributed by atoms with Gasteiger partial charge in [0.2, 0.25) is 0 Å². The summed E-state index contributed by atoms with van der Waals surface area (Å²) in [5, 5.41) is 0. The van der Waals surface area contributed by atoms with Crippen molar-refractivity contribution in [1.29, 1.82) is 0 Å². The minimum Gasteiger partial charge on any atom is -0.300 e. The number of Topliss-reactive ketones (excluding diaryl/α,β-unsaturated/α-hetero) is 1. The van der Waals surface area contributed by atoms with E-state index < -0.39 is 0 Å². The van der Waals surface area contributed by atoms with E-state index in [1.165, 1.54) is 197 Å². The number of ketones is 1. The van der Waals surface area contributed by atoms with Crippen LogP contribution in [-0.2, 0) is 4.79 Å². The second kappa shape index (κ2) is 35.0. The fraction of sp³-hybridized carbons (Fsp3) is 0.884. The van der Waals surface area contributed by atoms with Gasteiger partial charge in [0.15, 0.2) is 0 Å². The van der Waals surface area contributed by atoms with E-state index in [0.717, 1.165) is 25.7 Å². The summed E-state index contributed by atoms with van der Waals surface area (Å²) in [6.07, 6.45) is 45.7. The number of hydrogen-bond donors (Lipinski definition) is 0. The summed E-state index contributed by atoms with van der Waals surface area (Å²) in [6, 6.07) is 0. The monoisotopic (exact) mass is 615 g/mol. The SMILES string of the molecule is C=C(CCCCCCCCCCCCCCC)CCC(CC(=C)CCCCCCCCCCCCCCCCC)CC(C)=O. The molecule has 44 heavy (non-hydrogen) atoms. The maximum atomic E-state index is 11.9. The average Bonchev–Trinajstić information content (AvgIpc) is 3.00. The van der Waals surface area contributed by atoms with Gasteiger partial charge in [-0.2, -0.15) is 0 Å². The Morgan fingerprint density at radius 1 is 0.409 bits per heavy atom. The zero-order chi connectivity index (χ0) is 32.4. The minimum atomic E-state index is 0.330. The third-order valence-electron chi connectivity index (χ3n) is 9.83. The van der Waals surface area contributed by atoms with Crippen molar-refractivity contribution in [2.24, 2.45) is 5.92 Å². The highest BCUT2D eigenvalue weighted by atomic mass is 16.1. The number of hydrogen-bond acceptors (Lipinski definition) is 1. The van der Waals surface area contributed by atoms with Crippen molar-refractivity contribution in [3.8, 4) is 0 Å². The number of rotatable bonds is 37. The van der Waals surface area contributed by atoms with Crippen molar-refractivity contribution in [2.75, 3.05) is 0 Å². The normalized spacial score (nSPS) is 12.1. The molecule has 0 rings (SSSR count). The summed E-state index contributed by atoms with van der Waals surface area (Å²) < 4.78 is 0. The molecule has 260 valence electrons. The quantitative estimate of drug-likeness (QED) is 0.0502. The smallest absolute Gasteiger partial charge is 0.130 e. The van der Waals surface area contributed by atoms with E-state index >= 15 is 0 Å². The van der Waals surface area contributed by atoms with E-state index in [4.69, 9.17) is 0 Å². The Morgan fingerprint density at radius 2 is 0.705 bits per heavy atom. The van der Waals surface area contributed by atoms with Gasteiger partial charge in [0.05, 0.1) is 0 Å². The van der Waals surface area contributed by atoms with Crippen molar-refractivity contribution in [1.82, 2.24) is 0 Å². The highest BCUT2D eigenvalue weighted by Gasteiger charge is 2.14. The van der Waals surface area contributed by atoms with Crippen LogP contribution in [0.25, 0.3) is 0 Å². The van der Waals surface area contributed by atoms with Crippen molar-refractivity contribution < 1.29 is 4.79 Å². The molecule has 1 heteroatoms. The number of carbonyl (C=O) groups is 1. The Hall–Kier alpha value is -0.850. The van der Waals surface area contributed by atoms with Crippen LogP contribution in [0.4, 0.5) is 0 Å². The van der Waals surface area contributed by atoms with Crippen LogP contribution in [0.1, 0.15) is 239 Å². The minimum absolute atomic E-state index is 0.330. The molecule has 1 atom stereocenters. The maximum absolute atomic E-state index is 11.9. The van der Waals surface area contributed by atoms with Crippen LogP contribution < -0.4 is 0 Å². The molecule has 0 fully saturated rings. The van der Waals surface area contributed by atoms with E-state index in [1.807, 2.05) is 0 Å². The maximum Gasteiger partial charge on any atom is 0.130 e. The Labute approximate surface area is 279 Å². The summed E-state index contributed by atoms with van der Waals surface area (Å²) >= 11 is 0. The van der Waals surface area contributed by atoms with Crippen LogP contribution in [0.15, 0.2) is 24.3 Å². The molecule has 0 saturated carbocycles. The Morgan fingerprint density at radius 3 is 1.02 bits per heavy atom. The van der Waals surface area contributed by atoms with Crippen molar-refractivity contribution in [3.63, 3.8) is 0 Å². The van der Waals surface area contributed by atoms with Crippen molar-refractivity contribution >= 4 is 5.78 Å². The van der Waals surface area contributed by atoms with Gasteiger partial charge in [-0.05, 0) is 57.8 Å². The molecule has 0 bridgehead atoms. The van der Waals surface area contributed by atoms with Gasteiger partial charge in [0.1, 0.15) is 5.78 Å². The predicted octanol–water partition coefficient (Wildman–Crippen LogP) is 15.6. The van der Waals surface area contributed by atoms with Crippen LogP contribution in [0, 0.1) is 5.92 Å². The van der Waals surface area contributed by atoms with Gasteiger partial charge in [-0.15, -0.1) is 0 Å². The fourth-order valence-corrected chi connectivity index (χ4v) is 6.87. The lowest BCUT2D eigenvalue weighted by atomic mass is 9.87. The molecule has 0 N–H and O–H groups in total. The molecular formula is C43H82O.